The van der Waals surface area contributed by atoms with Crippen LogP contribution >= 0.6 is 0 Å². The summed E-state index contributed by atoms with van der Waals surface area (Å²) in [5.74, 6) is 0.747. The van der Waals surface area contributed by atoms with Crippen molar-refractivity contribution in [3.05, 3.63) is 45.5 Å². The van der Waals surface area contributed by atoms with E-state index in [1.165, 1.54) is 0 Å². The van der Waals surface area contributed by atoms with Gasteiger partial charge in [0.1, 0.15) is 11.4 Å². The van der Waals surface area contributed by atoms with Gasteiger partial charge < -0.3 is 9.88 Å². The standard InChI is InChI=1S/C19H28N4O2/c1-6-9-23-16(12-15(5)21-23)20-18(24)17-14(4)8-11-22(19(17)25)10-7-13(2)3/h8,11-13H,6-7,9-10H2,1-5H3,(H,20,24). The molecule has 0 spiro atoms. The minimum atomic E-state index is -0.376. The fourth-order valence-electron chi connectivity index (χ4n) is 2.72. The number of aromatic nitrogens is 3. The second-order valence-corrected chi connectivity index (χ2v) is 6.90. The van der Waals surface area contributed by atoms with Crippen molar-refractivity contribution >= 4 is 11.7 Å². The molecule has 0 saturated carbocycles. The lowest BCUT2D eigenvalue weighted by atomic mass is 10.1. The molecule has 136 valence electrons. The summed E-state index contributed by atoms with van der Waals surface area (Å²) in [7, 11) is 0. The number of nitrogens with zero attached hydrogens (tertiary/aromatic N) is 3. The van der Waals surface area contributed by atoms with E-state index in [1.807, 2.05) is 19.1 Å². The molecule has 2 aromatic rings. The maximum atomic E-state index is 12.7. The number of amides is 1. The summed E-state index contributed by atoms with van der Waals surface area (Å²) in [4.78, 5) is 25.5. The lowest BCUT2D eigenvalue weighted by molar-refractivity contribution is 0.102. The Morgan fingerprint density at radius 2 is 2.00 bits per heavy atom. The van der Waals surface area contributed by atoms with Gasteiger partial charge in [0, 0.05) is 25.4 Å². The molecule has 25 heavy (non-hydrogen) atoms. The Bertz CT molecular complexity index is 802. The van der Waals surface area contributed by atoms with Crippen LogP contribution in [-0.2, 0) is 13.1 Å². The quantitative estimate of drug-likeness (QED) is 0.837. The smallest absolute Gasteiger partial charge is 0.263 e. The van der Waals surface area contributed by atoms with Crippen molar-refractivity contribution in [2.45, 2.75) is 60.5 Å². The number of hydrogen-bond acceptors (Lipinski definition) is 3. The van der Waals surface area contributed by atoms with Gasteiger partial charge >= 0.3 is 0 Å². The molecule has 1 amide bonds. The second-order valence-electron chi connectivity index (χ2n) is 6.90. The average molecular weight is 344 g/mol. The van der Waals surface area contributed by atoms with E-state index in [9.17, 15) is 9.59 Å². The molecule has 0 aromatic carbocycles. The summed E-state index contributed by atoms with van der Waals surface area (Å²) in [6, 6.07) is 3.65. The molecule has 2 rings (SSSR count). The molecule has 1 N–H and O–H groups in total. The number of hydrogen-bond donors (Lipinski definition) is 1. The first-order valence-electron chi connectivity index (χ1n) is 8.89. The number of pyridine rings is 1. The van der Waals surface area contributed by atoms with Gasteiger partial charge in [-0.1, -0.05) is 20.8 Å². The summed E-state index contributed by atoms with van der Waals surface area (Å²) in [6.07, 6.45) is 3.57. The van der Waals surface area contributed by atoms with E-state index < -0.39 is 0 Å². The number of aryl methyl sites for hydroxylation is 4. The van der Waals surface area contributed by atoms with Gasteiger partial charge in [-0.05, 0) is 44.2 Å². The average Bonchev–Trinajstić information content (AvgIpc) is 2.86. The maximum absolute atomic E-state index is 12.7. The van der Waals surface area contributed by atoms with Crippen LogP contribution in [0.15, 0.2) is 23.1 Å². The number of nitrogens with one attached hydrogen (secondary N) is 1. The summed E-state index contributed by atoms with van der Waals surface area (Å²) in [5.41, 5.74) is 1.48. The Hall–Kier alpha value is -2.37. The van der Waals surface area contributed by atoms with Crippen molar-refractivity contribution in [1.29, 1.82) is 0 Å². The predicted octanol–water partition coefficient (Wildman–Crippen LogP) is 3.37. The Morgan fingerprint density at radius 1 is 1.28 bits per heavy atom. The molecule has 0 unspecified atom stereocenters. The Kier molecular flexibility index (Phi) is 6.17. The van der Waals surface area contributed by atoms with Crippen LogP contribution in [0.3, 0.4) is 0 Å². The highest BCUT2D eigenvalue weighted by molar-refractivity contribution is 6.04. The number of anilines is 1. The Morgan fingerprint density at radius 3 is 2.64 bits per heavy atom. The lowest BCUT2D eigenvalue weighted by Gasteiger charge is -2.13. The van der Waals surface area contributed by atoms with Gasteiger partial charge in [0.2, 0.25) is 0 Å². The van der Waals surface area contributed by atoms with E-state index in [0.717, 1.165) is 25.1 Å². The van der Waals surface area contributed by atoms with Crippen molar-refractivity contribution < 1.29 is 4.79 Å². The number of carbonyl (C=O) groups excluding carboxylic acids is 1. The third-order valence-electron chi connectivity index (χ3n) is 4.13. The van der Waals surface area contributed by atoms with Gasteiger partial charge in [-0.2, -0.15) is 5.10 Å². The predicted molar refractivity (Wildman–Crippen MR) is 100 cm³/mol. The minimum absolute atomic E-state index is 0.202. The van der Waals surface area contributed by atoms with Crippen LogP contribution in [0, 0.1) is 19.8 Å². The van der Waals surface area contributed by atoms with E-state index >= 15 is 0 Å². The van der Waals surface area contributed by atoms with Gasteiger partial charge in [-0.15, -0.1) is 0 Å². The molecular formula is C19H28N4O2. The van der Waals surface area contributed by atoms with Crippen molar-refractivity contribution in [3.8, 4) is 0 Å². The zero-order valence-corrected chi connectivity index (χ0v) is 15.8. The lowest BCUT2D eigenvalue weighted by Crippen LogP contribution is -2.31. The normalized spacial score (nSPS) is 11.1. The summed E-state index contributed by atoms with van der Waals surface area (Å²) < 4.78 is 3.39. The zero-order valence-electron chi connectivity index (χ0n) is 15.8. The van der Waals surface area contributed by atoms with Crippen LogP contribution in [-0.4, -0.2) is 20.3 Å². The fourth-order valence-corrected chi connectivity index (χ4v) is 2.72. The second kappa shape index (κ2) is 8.14. The summed E-state index contributed by atoms with van der Waals surface area (Å²) in [6.45, 7) is 11.3. The first-order valence-corrected chi connectivity index (χ1v) is 8.89. The van der Waals surface area contributed by atoms with E-state index in [0.29, 0.717) is 23.8 Å². The molecule has 2 heterocycles. The topological polar surface area (TPSA) is 68.9 Å². The maximum Gasteiger partial charge on any atom is 0.263 e. The fraction of sp³-hybridized carbons (Fsp3) is 0.526. The van der Waals surface area contributed by atoms with Crippen LogP contribution < -0.4 is 10.9 Å². The van der Waals surface area contributed by atoms with Gasteiger partial charge in [0.05, 0.1) is 5.69 Å². The Labute approximate surface area is 148 Å². The molecule has 2 aromatic heterocycles. The van der Waals surface area contributed by atoms with Crippen LogP contribution in [0.4, 0.5) is 5.82 Å². The highest BCUT2D eigenvalue weighted by atomic mass is 16.2. The first kappa shape index (κ1) is 19.0. The van der Waals surface area contributed by atoms with Gasteiger partial charge in [0.25, 0.3) is 11.5 Å². The molecule has 6 nitrogen and oxygen atoms in total. The molecule has 6 heteroatoms. The SMILES string of the molecule is CCCn1nc(C)cc1NC(=O)c1c(C)ccn(CCC(C)C)c1=O. The van der Waals surface area contributed by atoms with Crippen molar-refractivity contribution in [2.75, 3.05) is 5.32 Å². The zero-order chi connectivity index (χ0) is 18.6. The van der Waals surface area contributed by atoms with Crippen molar-refractivity contribution in [3.63, 3.8) is 0 Å². The molecule has 0 aliphatic heterocycles. The Balaban J connectivity index is 2.30. The van der Waals surface area contributed by atoms with Crippen LogP contribution in [0.1, 0.15) is 55.2 Å². The molecule has 0 fully saturated rings. The van der Waals surface area contributed by atoms with Crippen molar-refractivity contribution in [2.24, 2.45) is 5.92 Å². The minimum Gasteiger partial charge on any atom is -0.315 e. The van der Waals surface area contributed by atoms with Crippen LogP contribution in [0.2, 0.25) is 0 Å². The molecule has 0 aliphatic carbocycles. The van der Waals surface area contributed by atoms with Gasteiger partial charge in [-0.3, -0.25) is 9.59 Å². The molecular weight excluding hydrogens is 316 g/mol. The largest absolute Gasteiger partial charge is 0.315 e. The van der Waals surface area contributed by atoms with Crippen LogP contribution in [0.5, 0.6) is 0 Å². The van der Waals surface area contributed by atoms with E-state index in [1.54, 1.807) is 22.4 Å². The van der Waals surface area contributed by atoms with E-state index in [4.69, 9.17) is 0 Å². The summed E-state index contributed by atoms with van der Waals surface area (Å²) in [5, 5.41) is 7.23. The summed E-state index contributed by atoms with van der Waals surface area (Å²) >= 11 is 0. The molecule has 0 bridgehead atoms. The number of carbonyl (C=O) groups is 1. The first-order chi connectivity index (χ1) is 11.8. The highest BCUT2D eigenvalue weighted by Crippen LogP contribution is 2.13. The third-order valence-corrected chi connectivity index (χ3v) is 4.13. The van der Waals surface area contributed by atoms with Crippen LogP contribution in [0.25, 0.3) is 0 Å². The third kappa shape index (κ3) is 4.59. The number of rotatable bonds is 7. The van der Waals surface area contributed by atoms with E-state index in [2.05, 4.69) is 31.2 Å². The molecule has 0 radical (unpaired) electrons. The van der Waals surface area contributed by atoms with Crippen molar-refractivity contribution in [1.82, 2.24) is 14.3 Å². The molecule has 0 atom stereocenters. The van der Waals surface area contributed by atoms with Gasteiger partial charge in [0.15, 0.2) is 0 Å². The van der Waals surface area contributed by atoms with E-state index in [-0.39, 0.29) is 17.0 Å². The molecule has 0 aliphatic rings. The monoisotopic (exact) mass is 344 g/mol. The molecule has 0 saturated heterocycles. The highest BCUT2D eigenvalue weighted by Gasteiger charge is 2.18. The van der Waals surface area contributed by atoms with Gasteiger partial charge in [-0.25, -0.2) is 4.68 Å².